The Morgan fingerprint density at radius 2 is 1.90 bits per heavy atom. The third-order valence-corrected chi connectivity index (χ3v) is 6.29. The van der Waals surface area contributed by atoms with Crippen LogP contribution in [-0.4, -0.2) is 21.6 Å². The molecule has 0 bridgehead atoms. The number of hydrogen-bond donors (Lipinski definition) is 0. The van der Waals surface area contributed by atoms with Gasteiger partial charge in [-0.25, -0.2) is 9.37 Å². The molecule has 1 heterocycles. The number of aromatic nitrogens is 2. The zero-order chi connectivity index (χ0) is 21.3. The first-order chi connectivity index (χ1) is 14.4. The highest BCUT2D eigenvalue weighted by atomic mass is 19.1. The van der Waals surface area contributed by atoms with Gasteiger partial charge in [-0.2, -0.15) is 0 Å². The first-order valence-electron chi connectivity index (χ1n) is 10.8. The normalized spacial score (nSPS) is 21.8. The summed E-state index contributed by atoms with van der Waals surface area (Å²) in [5.74, 6) is 1.56. The monoisotopic (exact) mass is 408 g/mol. The van der Waals surface area contributed by atoms with Gasteiger partial charge in [-0.05, 0) is 67.0 Å². The van der Waals surface area contributed by atoms with E-state index in [0.717, 1.165) is 29.4 Å². The van der Waals surface area contributed by atoms with E-state index in [1.165, 1.54) is 18.6 Å². The number of halogens is 1. The van der Waals surface area contributed by atoms with Gasteiger partial charge in [0.05, 0.1) is 11.0 Å². The minimum Gasteiger partial charge on any atom is -0.461 e. The van der Waals surface area contributed by atoms with Crippen LogP contribution in [0.15, 0.2) is 48.5 Å². The Bertz CT molecular complexity index is 1030. The molecule has 158 valence electrons. The molecule has 1 aliphatic rings. The van der Waals surface area contributed by atoms with Gasteiger partial charge in [-0.3, -0.25) is 4.79 Å². The van der Waals surface area contributed by atoms with Gasteiger partial charge in [0.15, 0.2) is 0 Å². The second-order valence-corrected chi connectivity index (χ2v) is 8.87. The average molecular weight is 409 g/mol. The van der Waals surface area contributed by atoms with Crippen LogP contribution in [0.25, 0.3) is 22.4 Å². The molecule has 0 saturated heterocycles. The second kappa shape index (κ2) is 8.58. The number of hydrogen-bond acceptors (Lipinski definition) is 3. The first kappa shape index (κ1) is 20.6. The van der Waals surface area contributed by atoms with E-state index in [1.807, 2.05) is 28.8 Å². The minimum absolute atomic E-state index is 0.0368. The van der Waals surface area contributed by atoms with Crippen molar-refractivity contribution in [2.24, 2.45) is 17.8 Å². The molecule has 4 nitrogen and oxygen atoms in total. The third kappa shape index (κ3) is 4.25. The van der Waals surface area contributed by atoms with Crippen LogP contribution >= 0.6 is 0 Å². The van der Waals surface area contributed by atoms with E-state index in [0.29, 0.717) is 23.6 Å². The Hall–Kier alpha value is -2.69. The van der Waals surface area contributed by atoms with Gasteiger partial charge in [0, 0.05) is 5.56 Å². The number of fused-ring (bicyclic) bond motifs is 1. The van der Waals surface area contributed by atoms with Gasteiger partial charge < -0.3 is 9.30 Å². The molecule has 1 fully saturated rings. The van der Waals surface area contributed by atoms with E-state index >= 15 is 0 Å². The van der Waals surface area contributed by atoms with Crippen molar-refractivity contribution in [1.29, 1.82) is 0 Å². The molecule has 30 heavy (non-hydrogen) atoms. The van der Waals surface area contributed by atoms with Crippen molar-refractivity contribution >= 4 is 17.0 Å². The van der Waals surface area contributed by atoms with Crippen molar-refractivity contribution in [2.75, 3.05) is 0 Å². The number of esters is 1. The van der Waals surface area contributed by atoms with Gasteiger partial charge in [0.25, 0.3) is 0 Å². The van der Waals surface area contributed by atoms with E-state index in [9.17, 15) is 9.18 Å². The summed E-state index contributed by atoms with van der Waals surface area (Å²) in [6.45, 7) is 6.73. The first-order valence-corrected chi connectivity index (χ1v) is 10.8. The lowest BCUT2D eigenvalue weighted by atomic mass is 9.75. The Morgan fingerprint density at radius 1 is 1.17 bits per heavy atom. The third-order valence-electron chi connectivity index (χ3n) is 6.29. The standard InChI is InChI=1S/C25H29FN2O2/c1-16(2)20-13-8-17(3)14-23(20)30-24(29)15-28-22-7-5-4-6-21(22)27-25(28)18-9-11-19(26)12-10-18/h4-7,9-12,16-17,20,23H,8,13-15H2,1-3H3/t17-,20+,23-/m1/s1. The lowest BCUT2D eigenvalue weighted by Crippen LogP contribution is -2.36. The van der Waals surface area contributed by atoms with Crippen LogP contribution in [0.2, 0.25) is 0 Å². The number of nitrogens with zero attached hydrogens (tertiary/aromatic N) is 2. The van der Waals surface area contributed by atoms with E-state index in [-0.39, 0.29) is 24.4 Å². The second-order valence-electron chi connectivity index (χ2n) is 8.87. The van der Waals surface area contributed by atoms with Crippen molar-refractivity contribution in [3.63, 3.8) is 0 Å². The Morgan fingerprint density at radius 3 is 2.63 bits per heavy atom. The Kier molecular flexibility index (Phi) is 5.89. The zero-order valence-corrected chi connectivity index (χ0v) is 17.8. The number of carbonyl (C=O) groups is 1. The van der Waals surface area contributed by atoms with Crippen molar-refractivity contribution < 1.29 is 13.9 Å². The Labute approximate surface area is 177 Å². The molecule has 1 saturated carbocycles. The fourth-order valence-electron chi connectivity index (χ4n) is 4.64. The lowest BCUT2D eigenvalue weighted by Gasteiger charge is -2.36. The number of imidazole rings is 1. The molecule has 1 aliphatic carbocycles. The van der Waals surface area contributed by atoms with Crippen molar-refractivity contribution in [3.8, 4) is 11.4 Å². The molecule has 0 radical (unpaired) electrons. The van der Waals surface area contributed by atoms with Crippen LogP contribution in [0, 0.1) is 23.6 Å². The number of carbonyl (C=O) groups excluding carboxylic acids is 1. The van der Waals surface area contributed by atoms with Gasteiger partial charge in [0.2, 0.25) is 0 Å². The molecular formula is C25H29FN2O2. The summed E-state index contributed by atoms with van der Waals surface area (Å²) in [6, 6.07) is 13.9. The predicted octanol–water partition coefficient (Wildman–Crippen LogP) is 5.85. The molecule has 5 heteroatoms. The fourth-order valence-corrected chi connectivity index (χ4v) is 4.64. The molecule has 0 spiro atoms. The van der Waals surface area contributed by atoms with E-state index in [1.54, 1.807) is 12.1 Å². The van der Waals surface area contributed by atoms with Gasteiger partial charge >= 0.3 is 5.97 Å². The number of rotatable bonds is 5. The summed E-state index contributed by atoms with van der Waals surface area (Å²) in [5.41, 5.74) is 2.44. The Balaban J connectivity index is 1.62. The summed E-state index contributed by atoms with van der Waals surface area (Å²) >= 11 is 0. The molecule has 0 aliphatic heterocycles. The van der Waals surface area contributed by atoms with Crippen molar-refractivity contribution in [2.45, 2.75) is 52.7 Å². The van der Waals surface area contributed by atoms with Crippen LogP contribution in [0.4, 0.5) is 4.39 Å². The lowest BCUT2D eigenvalue weighted by molar-refractivity contribution is -0.156. The van der Waals surface area contributed by atoms with E-state index in [2.05, 4.69) is 20.8 Å². The molecule has 3 aromatic rings. The highest BCUT2D eigenvalue weighted by molar-refractivity contribution is 5.83. The topological polar surface area (TPSA) is 44.1 Å². The highest BCUT2D eigenvalue weighted by Crippen LogP contribution is 2.35. The van der Waals surface area contributed by atoms with Crippen molar-refractivity contribution in [3.05, 3.63) is 54.3 Å². The summed E-state index contributed by atoms with van der Waals surface area (Å²) in [6.07, 6.45) is 3.18. The van der Waals surface area contributed by atoms with Crippen LogP contribution in [0.3, 0.4) is 0 Å². The average Bonchev–Trinajstić information content (AvgIpc) is 3.07. The van der Waals surface area contributed by atoms with Gasteiger partial charge in [-0.15, -0.1) is 0 Å². The molecule has 0 unspecified atom stereocenters. The maximum absolute atomic E-state index is 13.4. The zero-order valence-electron chi connectivity index (χ0n) is 17.8. The predicted molar refractivity (Wildman–Crippen MR) is 116 cm³/mol. The summed E-state index contributed by atoms with van der Waals surface area (Å²) < 4.78 is 21.3. The largest absolute Gasteiger partial charge is 0.461 e. The van der Waals surface area contributed by atoms with Crippen LogP contribution in [0.5, 0.6) is 0 Å². The highest BCUT2D eigenvalue weighted by Gasteiger charge is 2.33. The fraction of sp³-hybridized carbons (Fsp3) is 0.440. The maximum atomic E-state index is 13.4. The summed E-state index contributed by atoms with van der Waals surface area (Å²) in [5, 5.41) is 0. The molecular weight excluding hydrogens is 379 g/mol. The van der Waals surface area contributed by atoms with E-state index in [4.69, 9.17) is 9.72 Å². The minimum atomic E-state index is -0.299. The molecule has 0 amide bonds. The number of ether oxygens (including phenoxy) is 1. The number of para-hydroxylation sites is 2. The number of benzene rings is 2. The van der Waals surface area contributed by atoms with Gasteiger partial charge in [0.1, 0.15) is 24.3 Å². The van der Waals surface area contributed by atoms with E-state index < -0.39 is 0 Å². The summed E-state index contributed by atoms with van der Waals surface area (Å²) in [7, 11) is 0. The molecule has 0 N–H and O–H groups in total. The van der Waals surface area contributed by atoms with Crippen molar-refractivity contribution in [1.82, 2.24) is 9.55 Å². The maximum Gasteiger partial charge on any atom is 0.326 e. The van der Waals surface area contributed by atoms with Crippen LogP contribution in [0.1, 0.15) is 40.0 Å². The quantitative estimate of drug-likeness (QED) is 0.498. The van der Waals surface area contributed by atoms with Crippen LogP contribution < -0.4 is 0 Å². The SMILES string of the molecule is CC(C)[C@@H]1CC[C@@H](C)C[C@H]1OC(=O)Cn1c(-c2ccc(F)cc2)nc2ccccc21. The van der Waals surface area contributed by atoms with Crippen LogP contribution in [-0.2, 0) is 16.1 Å². The molecule has 2 aromatic carbocycles. The molecule has 1 aromatic heterocycles. The summed E-state index contributed by atoms with van der Waals surface area (Å²) in [4.78, 5) is 17.7. The smallest absolute Gasteiger partial charge is 0.326 e. The van der Waals surface area contributed by atoms with Gasteiger partial charge in [-0.1, -0.05) is 39.3 Å². The molecule has 4 rings (SSSR count). The molecule has 3 atom stereocenters.